The molecule has 0 unspecified atom stereocenters. The number of hydrogen-bond acceptors (Lipinski definition) is 6. The minimum Gasteiger partial charge on any atom is -0.340 e. The Bertz CT molecular complexity index is 1100. The molecule has 2 amide bonds. The van der Waals surface area contributed by atoms with Gasteiger partial charge in [0.25, 0.3) is 5.91 Å². The molecule has 174 valence electrons. The van der Waals surface area contributed by atoms with Gasteiger partial charge in [-0.25, -0.2) is 4.68 Å². The van der Waals surface area contributed by atoms with Gasteiger partial charge >= 0.3 is 0 Å². The van der Waals surface area contributed by atoms with Gasteiger partial charge in [0, 0.05) is 23.9 Å². The van der Waals surface area contributed by atoms with Crippen LogP contribution in [-0.2, 0) is 17.3 Å². The van der Waals surface area contributed by atoms with Crippen LogP contribution in [0, 0.1) is 0 Å². The van der Waals surface area contributed by atoms with Crippen molar-refractivity contribution in [2.24, 2.45) is 7.05 Å². The Balaban J connectivity index is 1.72. The largest absolute Gasteiger partial charge is 0.340 e. The molecule has 0 spiro atoms. The lowest BCUT2D eigenvalue weighted by Gasteiger charge is -2.20. The molecule has 1 aromatic heterocycles. The van der Waals surface area contributed by atoms with Crippen molar-refractivity contribution in [2.45, 2.75) is 38.6 Å². The standard InChI is InChI=1S/C24H30N6O2S/c1-24(2,3)18-11-9-16(10-12-18)22(31)26-20(13-14-33-5)23(32)25-19-8-6-7-17(15-19)21-27-28-29-30(21)4/h6-12,15,20H,13-14H2,1-5H3,(H,25,32)(H,26,31)/t20-/m0/s1. The average Bonchev–Trinajstić information content (AvgIpc) is 3.22. The molecule has 1 heterocycles. The molecule has 0 radical (unpaired) electrons. The van der Waals surface area contributed by atoms with Crippen LogP contribution in [0.2, 0.25) is 0 Å². The van der Waals surface area contributed by atoms with Gasteiger partial charge in [-0.2, -0.15) is 11.8 Å². The highest BCUT2D eigenvalue weighted by molar-refractivity contribution is 7.98. The third-order valence-corrected chi connectivity index (χ3v) is 5.90. The molecule has 0 saturated heterocycles. The number of nitrogens with zero attached hydrogens (tertiary/aromatic N) is 4. The summed E-state index contributed by atoms with van der Waals surface area (Å²) < 4.78 is 1.56. The number of amides is 2. The lowest BCUT2D eigenvalue weighted by molar-refractivity contribution is -0.118. The number of carbonyl (C=O) groups is 2. The number of aromatic nitrogens is 4. The number of anilines is 1. The Kier molecular flexibility index (Phi) is 7.86. The van der Waals surface area contributed by atoms with E-state index in [0.29, 0.717) is 23.5 Å². The summed E-state index contributed by atoms with van der Waals surface area (Å²) in [6, 6.07) is 14.2. The Hall–Kier alpha value is -3.20. The molecule has 0 saturated carbocycles. The van der Waals surface area contributed by atoms with Crippen molar-refractivity contribution in [1.29, 1.82) is 0 Å². The van der Waals surface area contributed by atoms with Crippen molar-refractivity contribution >= 4 is 29.3 Å². The van der Waals surface area contributed by atoms with Crippen LogP contribution in [0.15, 0.2) is 48.5 Å². The predicted molar refractivity (Wildman–Crippen MR) is 132 cm³/mol. The first-order valence-corrected chi connectivity index (χ1v) is 12.1. The highest BCUT2D eigenvalue weighted by Gasteiger charge is 2.22. The van der Waals surface area contributed by atoms with Gasteiger partial charge in [-0.05, 0) is 64.1 Å². The molecular weight excluding hydrogens is 436 g/mol. The summed E-state index contributed by atoms with van der Waals surface area (Å²) in [6.07, 6.45) is 2.49. The fourth-order valence-corrected chi connectivity index (χ4v) is 3.78. The molecule has 8 nitrogen and oxygen atoms in total. The van der Waals surface area contributed by atoms with E-state index in [0.717, 1.165) is 16.9 Å². The van der Waals surface area contributed by atoms with Crippen LogP contribution in [-0.4, -0.2) is 50.1 Å². The van der Waals surface area contributed by atoms with Crippen LogP contribution in [0.5, 0.6) is 0 Å². The summed E-state index contributed by atoms with van der Waals surface area (Å²) in [5.74, 6) is 0.802. The van der Waals surface area contributed by atoms with E-state index in [1.165, 1.54) is 0 Å². The molecule has 1 atom stereocenters. The fraction of sp³-hybridized carbons (Fsp3) is 0.375. The number of carbonyl (C=O) groups excluding carboxylic acids is 2. The van der Waals surface area contributed by atoms with Gasteiger partial charge in [0.2, 0.25) is 5.91 Å². The lowest BCUT2D eigenvalue weighted by atomic mass is 9.86. The topological polar surface area (TPSA) is 102 Å². The first-order chi connectivity index (χ1) is 15.7. The molecule has 0 aliphatic rings. The van der Waals surface area contributed by atoms with Crippen LogP contribution in [0.1, 0.15) is 43.1 Å². The van der Waals surface area contributed by atoms with E-state index in [2.05, 4.69) is 46.9 Å². The van der Waals surface area contributed by atoms with Gasteiger partial charge in [0.1, 0.15) is 6.04 Å². The lowest BCUT2D eigenvalue weighted by Crippen LogP contribution is -2.44. The summed E-state index contributed by atoms with van der Waals surface area (Å²) in [4.78, 5) is 25.9. The monoisotopic (exact) mass is 466 g/mol. The number of nitrogens with one attached hydrogen (secondary N) is 2. The summed E-state index contributed by atoms with van der Waals surface area (Å²) >= 11 is 1.63. The fourth-order valence-electron chi connectivity index (χ4n) is 3.31. The molecule has 3 rings (SSSR count). The summed E-state index contributed by atoms with van der Waals surface area (Å²) in [5.41, 5.74) is 3.07. The summed E-state index contributed by atoms with van der Waals surface area (Å²) in [7, 11) is 1.75. The van der Waals surface area contributed by atoms with Crippen LogP contribution < -0.4 is 10.6 Å². The molecule has 0 aliphatic heterocycles. The number of thioether (sulfide) groups is 1. The zero-order valence-corrected chi connectivity index (χ0v) is 20.4. The Morgan fingerprint density at radius 1 is 1.12 bits per heavy atom. The van der Waals surface area contributed by atoms with Gasteiger partial charge < -0.3 is 10.6 Å². The first kappa shape index (κ1) is 24.4. The Morgan fingerprint density at radius 3 is 2.45 bits per heavy atom. The SMILES string of the molecule is CSCC[C@H](NC(=O)c1ccc(C(C)(C)C)cc1)C(=O)Nc1cccc(-c2nnnn2C)c1. The maximum absolute atomic E-state index is 13.1. The van der Waals surface area contributed by atoms with E-state index in [4.69, 9.17) is 0 Å². The van der Waals surface area contributed by atoms with E-state index in [-0.39, 0.29) is 17.2 Å². The minimum atomic E-state index is -0.660. The van der Waals surface area contributed by atoms with Crippen LogP contribution in [0.4, 0.5) is 5.69 Å². The van der Waals surface area contributed by atoms with E-state index in [1.807, 2.05) is 36.6 Å². The van der Waals surface area contributed by atoms with Gasteiger partial charge in [-0.3, -0.25) is 9.59 Å². The first-order valence-electron chi connectivity index (χ1n) is 10.7. The van der Waals surface area contributed by atoms with E-state index < -0.39 is 6.04 Å². The van der Waals surface area contributed by atoms with Crippen molar-refractivity contribution in [3.8, 4) is 11.4 Å². The second-order valence-electron chi connectivity index (χ2n) is 8.83. The number of hydrogen-bond donors (Lipinski definition) is 2. The van der Waals surface area contributed by atoms with Crippen LogP contribution >= 0.6 is 11.8 Å². The quantitative estimate of drug-likeness (QED) is 0.525. The van der Waals surface area contributed by atoms with E-state index in [9.17, 15) is 9.59 Å². The average molecular weight is 467 g/mol. The molecule has 33 heavy (non-hydrogen) atoms. The number of rotatable bonds is 8. The van der Waals surface area contributed by atoms with E-state index >= 15 is 0 Å². The third kappa shape index (κ3) is 6.41. The van der Waals surface area contributed by atoms with Gasteiger partial charge in [-0.1, -0.05) is 45.0 Å². The second-order valence-corrected chi connectivity index (χ2v) is 9.82. The zero-order valence-electron chi connectivity index (χ0n) is 19.6. The van der Waals surface area contributed by atoms with Gasteiger partial charge in [-0.15, -0.1) is 5.10 Å². The Labute approximate surface area is 198 Å². The Morgan fingerprint density at radius 2 is 1.85 bits per heavy atom. The van der Waals surface area contributed by atoms with Crippen molar-refractivity contribution < 1.29 is 9.59 Å². The van der Waals surface area contributed by atoms with Crippen LogP contribution in [0.3, 0.4) is 0 Å². The smallest absolute Gasteiger partial charge is 0.251 e. The van der Waals surface area contributed by atoms with Crippen molar-refractivity contribution in [3.05, 3.63) is 59.7 Å². The molecule has 2 N–H and O–H groups in total. The normalized spacial score (nSPS) is 12.3. The minimum absolute atomic E-state index is 0.00533. The van der Waals surface area contributed by atoms with Crippen molar-refractivity contribution in [1.82, 2.24) is 25.5 Å². The molecule has 3 aromatic rings. The van der Waals surface area contributed by atoms with Crippen molar-refractivity contribution in [3.63, 3.8) is 0 Å². The maximum Gasteiger partial charge on any atom is 0.251 e. The molecule has 9 heteroatoms. The van der Waals surface area contributed by atoms with Gasteiger partial charge in [0.15, 0.2) is 5.82 Å². The highest BCUT2D eigenvalue weighted by atomic mass is 32.2. The summed E-state index contributed by atoms with van der Waals surface area (Å²) in [6.45, 7) is 6.38. The van der Waals surface area contributed by atoms with Crippen molar-refractivity contribution in [2.75, 3.05) is 17.3 Å². The third-order valence-electron chi connectivity index (χ3n) is 5.25. The summed E-state index contributed by atoms with van der Waals surface area (Å²) in [5, 5.41) is 17.3. The highest BCUT2D eigenvalue weighted by Crippen LogP contribution is 2.22. The molecular formula is C24H30N6O2S. The van der Waals surface area contributed by atoms with Crippen LogP contribution in [0.25, 0.3) is 11.4 Å². The second kappa shape index (κ2) is 10.6. The molecule has 0 aliphatic carbocycles. The van der Waals surface area contributed by atoms with E-state index in [1.54, 1.807) is 41.7 Å². The maximum atomic E-state index is 13.1. The molecule has 2 aromatic carbocycles. The zero-order chi connectivity index (χ0) is 24.0. The van der Waals surface area contributed by atoms with Gasteiger partial charge in [0.05, 0.1) is 0 Å². The molecule has 0 fully saturated rings. The number of benzene rings is 2. The number of tetrazole rings is 1. The molecule has 0 bridgehead atoms. The predicted octanol–water partition coefficient (Wildman–Crippen LogP) is 3.66. The number of aryl methyl sites for hydroxylation is 1.